The topological polar surface area (TPSA) is 176 Å². The van der Waals surface area contributed by atoms with Gasteiger partial charge >= 0.3 is 6.03 Å². The molecule has 2 aromatic rings. The summed E-state index contributed by atoms with van der Waals surface area (Å²) in [6.07, 6.45) is 3.85. The molecule has 3 heterocycles. The molecule has 14 nitrogen and oxygen atoms in total. The molecule has 3 aliphatic heterocycles. The van der Waals surface area contributed by atoms with Crippen LogP contribution in [0.15, 0.2) is 48.5 Å². The van der Waals surface area contributed by atoms with Crippen molar-refractivity contribution < 1.29 is 38.2 Å². The molecule has 0 aliphatic carbocycles. The van der Waals surface area contributed by atoms with Gasteiger partial charge in [0.15, 0.2) is 0 Å². The molecule has 0 aromatic heterocycles. The van der Waals surface area contributed by atoms with Crippen molar-refractivity contribution in [2.45, 2.75) is 68.8 Å². The number of hydrogen-bond acceptors (Lipinski definition) is 11. The molecule has 3 aliphatic rings. The van der Waals surface area contributed by atoms with Gasteiger partial charge in [0, 0.05) is 79.0 Å². The molecule has 3 atom stereocenters. The number of anilines is 1. The molecule has 0 spiro atoms. The second-order valence-corrected chi connectivity index (χ2v) is 18.0. The van der Waals surface area contributed by atoms with Crippen molar-refractivity contribution in [3.05, 3.63) is 65.2 Å². The maximum absolute atomic E-state index is 13.3. The van der Waals surface area contributed by atoms with Crippen LogP contribution in [0.4, 0.5) is 10.5 Å². The summed E-state index contributed by atoms with van der Waals surface area (Å²) in [5.41, 5.74) is 3.40. The van der Waals surface area contributed by atoms with Gasteiger partial charge in [0.2, 0.25) is 23.6 Å². The van der Waals surface area contributed by atoms with Crippen LogP contribution in [0.1, 0.15) is 61.6 Å². The van der Waals surface area contributed by atoms with Crippen LogP contribution in [-0.2, 0) is 39.9 Å². The van der Waals surface area contributed by atoms with E-state index < -0.39 is 0 Å². The zero-order chi connectivity index (χ0) is 41.5. The minimum Gasteiger partial charge on any atom is -0.377 e. The third-order valence-electron chi connectivity index (χ3n) is 9.70. The minimum absolute atomic E-state index is 0.0251. The fourth-order valence-electron chi connectivity index (χ4n) is 6.65. The van der Waals surface area contributed by atoms with Crippen molar-refractivity contribution in [1.29, 1.82) is 0 Å². The molecule has 0 radical (unpaired) electrons. The first-order chi connectivity index (χ1) is 28.9. The first kappa shape index (κ1) is 46.2. The van der Waals surface area contributed by atoms with Gasteiger partial charge in [-0.05, 0) is 36.6 Å². The van der Waals surface area contributed by atoms with Crippen LogP contribution in [0.2, 0.25) is 0 Å². The maximum Gasteiger partial charge on any atom is 0.315 e. The number of unbranched alkanes of at least 4 members (excludes halogenated alkanes) is 1. The first-order valence-electron chi connectivity index (χ1n) is 20.3. The van der Waals surface area contributed by atoms with E-state index in [4.69, 9.17) is 14.2 Å². The second kappa shape index (κ2) is 26.3. The highest BCUT2D eigenvalue weighted by atomic mass is 33.1. The summed E-state index contributed by atoms with van der Waals surface area (Å²) >= 11 is 1.89. The lowest BCUT2D eigenvalue weighted by molar-refractivity contribution is -0.125. The Kier molecular flexibility index (Phi) is 20.6. The monoisotopic (exact) mass is 868 g/mol. The van der Waals surface area contributed by atoms with Crippen LogP contribution in [0, 0.1) is 11.8 Å². The SMILES string of the molecule is O=C(CCCCC1SCC2NC(=O)NC21)NCCOCCOCCOCCNC(=O)CCSSCCNC(=O)CCC(=O)N1Cc2ccccc2C#Cc2ccccc21. The Labute approximate surface area is 359 Å². The zero-order valence-electron chi connectivity index (χ0n) is 33.4. The van der Waals surface area contributed by atoms with Gasteiger partial charge in [-0.15, -0.1) is 0 Å². The highest BCUT2D eigenvalue weighted by molar-refractivity contribution is 8.76. The molecule has 2 fully saturated rings. The van der Waals surface area contributed by atoms with Crippen molar-refractivity contribution in [2.75, 3.05) is 81.4 Å². The number of benzene rings is 2. The number of urea groups is 1. The Morgan fingerprint density at radius 2 is 1.34 bits per heavy atom. The average Bonchev–Trinajstić information content (AvgIpc) is 3.79. The van der Waals surface area contributed by atoms with E-state index in [-0.39, 0.29) is 54.6 Å². The van der Waals surface area contributed by atoms with Gasteiger partial charge in [0.1, 0.15) is 0 Å². The minimum atomic E-state index is -0.169. The molecule has 3 unspecified atom stereocenters. The average molecular weight is 869 g/mol. The van der Waals surface area contributed by atoms with Gasteiger partial charge in [-0.1, -0.05) is 70.2 Å². The number of nitrogens with one attached hydrogen (secondary N) is 5. The van der Waals surface area contributed by atoms with E-state index >= 15 is 0 Å². The van der Waals surface area contributed by atoms with Gasteiger partial charge in [-0.3, -0.25) is 19.2 Å². The summed E-state index contributed by atoms with van der Waals surface area (Å²) in [5.74, 6) is 8.38. The molecule has 320 valence electrons. The van der Waals surface area contributed by atoms with Crippen molar-refractivity contribution in [3.8, 4) is 11.8 Å². The highest BCUT2D eigenvalue weighted by Crippen LogP contribution is 2.33. The van der Waals surface area contributed by atoms with Crippen LogP contribution < -0.4 is 31.5 Å². The largest absolute Gasteiger partial charge is 0.377 e. The van der Waals surface area contributed by atoms with Crippen molar-refractivity contribution >= 4 is 68.7 Å². The molecule has 59 heavy (non-hydrogen) atoms. The maximum atomic E-state index is 13.3. The molecule has 2 saturated heterocycles. The van der Waals surface area contributed by atoms with E-state index in [1.165, 1.54) is 0 Å². The Morgan fingerprint density at radius 1 is 0.712 bits per heavy atom. The van der Waals surface area contributed by atoms with E-state index in [0.717, 1.165) is 47.4 Å². The number of ether oxygens (including phenoxy) is 3. The number of amides is 6. The fraction of sp³-hybridized carbons (Fsp3) is 0.548. The number of fused-ring (bicyclic) bond motifs is 3. The van der Waals surface area contributed by atoms with Crippen LogP contribution in [-0.4, -0.2) is 124 Å². The fourth-order valence-corrected chi connectivity index (χ4v) is 10.1. The molecule has 5 rings (SSSR count). The van der Waals surface area contributed by atoms with E-state index in [1.54, 1.807) is 26.5 Å². The Balaban J connectivity index is 0.759. The smallest absolute Gasteiger partial charge is 0.315 e. The van der Waals surface area contributed by atoms with Crippen molar-refractivity contribution in [1.82, 2.24) is 26.6 Å². The second-order valence-electron chi connectivity index (χ2n) is 14.1. The number of nitrogens with zero attached hydrogens (tertiary/aromatic N) is 1. The number of para-hydroxylation sites is 1. The molecule has 2 aromatic carbocycles. The van der Waals surface area contributed by atoms with Crippen LogP contribution >= 0.6 is 33.3 Å². The molecule has 0 saturated carbocycles. The van der Waals surface area contributed by atoms with E-state index in [1.807, 2.05) is 60.3 Å². The van der Waals surface area contributed by atoms with Crippen LogP contribution in [0.3, 0.4) is 0 Å². The number of carbonyl (C=O) groups excluding carboxylic acids is 5. The Morgan fingerprint density at radius 3 is 2.12 bits per heavy atom. The number of thioether (sulfide) groups is 1. The normalized spacial score (nSPS) is 17.5. The number of carbonyl (C=O) groups is 5. The molecule has 6 amide bonds. The molecular weight excluding hydrogens is 813 g/mol. The van der Waals surface area contributed by atoms with E-state index in [9.17, 15) is 24.0 Å². The van der Waals surface area contributed by atoms with Crippen LogP contribution in [0.25, 0.3) is 0 Å². The van der Waals surface area contributed by atoms with Gasteiger partial charge in [-0.25, -0.2) is 4.79 Å². The van der Waals surface area contributed by atoms with E-state index in [2.05, 4.69) is 38.4 Å². The Bertz CT molecular complexity index is 1760. The first-order valence-corrected chi connectivity index (χ1v) is 23.9. The molecular formula is C42H56N6O8S3. The summed E-state index contributed by atoms with van der Waals surface area (Å²) in [6, 6.07) is 15.8. The molecule has 17 heteroatoms. The lowest BCUT2D eigenvalue weighted by Crippen LogP contribution is -2.36. The van der Waals surface area contributed by atoms with E-state index in [0.29, 0.717) is 95.4 Å². The summed E-state index contributed by atoms with van der Waals surface area (Å²) < 4.78 is 16.5. The van der Waals surface area contributed by atoms with Crippen molar-refractivity contribution in [2.24, 2.45) is 0 Å². The standard InChI is InChI=1S/C42H56N6O8S3/c49-37(12-6-5-11-36-41-34(30-57-36)46-42(53)47-41)43-18-21-54-23-25-56-26-24-55-22-19-44-39(51)17-27-58-59-28-20-45-38(50)15-16-40(52)48-29-33-9-2-1-7-31(33)13-14-32-8-3-4-10-35(32)48/h1-4,7-10,34,36,41H,5-6,11-12,15-30H2,(H,43,49)(H,44,51)(H,45,50)(H2,46,47,53). The zero-order valence-corrected chi connectivity index (χ0v) is 35.9. The quantitative estimate of drug-likeness (QED) is 0.0384. The number of hydrogen-bond donors (Lipinski definition) is 5. The van der Waals surface area contributed by atoms with Gasteiger partial charge < -0.3 is 45.7 Å². The predicted octanol–water partition coefficient (Wildman–Crippen LogP) is 3.61. The number of rotatable bonds is 27. The van der Waals surface area contributed by atoms with Gasteiger partial charge in [0.25, 0.3) is 0 Å². The van der Waals surface area contributed by atoms with Crippen LogP contribution in [0.5, 0.6) is 0 Å². The molecule has 5 N–H and O–H groups in total. The molecule has 0 bridgehead atoms. The Hall–Kier alpha value is -3.92. The summed E-state index contributed by atoms with van der Waals surface area (Å²) in [4.78, 5) is 63.3. The van der Waals surface area contributed by atoms with Gasteiger partial charge in [0.05, 0.1) is 64.0 Å². The van der Waals surface area contributed by atoms with Gasteiger partial charge in [-0.2, -0.15) is 11.8 Å². The van der Waals surface area contributed by atoms with Crippen molar-refractivity contribution in [3.63, 3.8) is 0 Å². The predicted molar refractivity (Wildman–Crippen MR) is 234 cm³/mol. The highest BCUT2D eigenvalue weighted by Gasteiger charge is 2.42. The summed E-state index contributed by atoms with van der Waals surface area (Å²) in [7, 11) is 3.17. The summed E-state index contributed by atoms with van der Waals surface area (Å²) in [6.45, 7) is 4.25. The lowest BCUT2D eigenvalue weighted by atomic mass is 10.0. The lowest BCUT2D eigenvalue weighted by Gasteiger charge is -2.26. The third-order valence-corrected chi connectivity index (χ3v) is 13.6. The summed E-state index contributed by atoms with van der Waals surface area (Å²) in [5, 5.41) is 15.0. The third kappa shape index (κ3) is 16.6.